The highest BCUT2D eigenvalue weighted by molar-refractivity contribution is 7.91. The molecule has 0 spiro atoms. The second-order valence-corrected chi connectivity index (χ2v) is 14.6. The molecule has 0 aliphatic heterocycles. The molecule has 286 valence electrons. The highest BCUT2D eigenvalue weighted by atomic mass is 32.2. The van der Waals surface area contributed by atoms with Gasteiger partial charge in [0.05, 0.1) is 17.6 Å². The molecule has 0 aromatic heterocycles. The Morgan fingerprint density at radius 3 is 1.98 bits per heavy atom. The number of halogens is 3. The molecule has 2 amide bonds. The first-order valence-corrected chi connectivity index (χ1v) is 19.5. The van der Waals surface area contributed by atoms with E-state index in [9.17, 15) is 36.3 Å². The van der Waals surface area contributed by atoms with Crippen LogP contribution in [0.2, 0.25) is 0 Å². The number of hydrogen-bond donors (Lipinski definition) is 4. The van der Waals surface area contributed by atoms with Crippen molar-refractivity contribution in [3.05, 3.63) is 35.9 Å². The van der Waals surface area contributed by atoms with Gasteiger partial charge in [0.15, 0.2) is 9.84 Å². The topological polar surface area (TPSA) is 139 Å². The van der Waals surface area contributed by atoms with Crippen molar-refractivity contribution in [1.82, 2.24) is 10.6 Å². The maximum absolute atomic E-state index is 12.3. The summed E-state index contributed by atoms with van der Waals surface area (Å²) in [5.41, 5.74) is 6.54. The van der Waals surface area contributed by atoms with Gasteiger partial charge in [0.25, 0.3) is 0 Å². The van der Waals surface area contributed by atoms with E-state index in [2.05, 4.69) is 42.5 Å². The summed E-state index contributed by atoms with van der Waals surface area (Å²) in [6, 6.07) is 9.39. The Kier molecular flexibility index (Phi) is 32.5. The number of rotatable bonds is 14. The van der Waals surface area contributed by atoms with Crippen molar-refractivity contribution in [2.24, 2.45) is 17.6 Å². The minimum absolute atomic E-state index is 0.00368. The van der Waals surface area contributed by atoms with Gasteiger partial charge in [0, 0.05) is 32.4 Å². The van der Waals surface area contributed by atoms with Crippen molar-refractivity contribution >= 4 is 21.7 Å². The van der Waals surface area contributed by atoms with Gasteiger partial charge in [0.1, 0.15) is 6.04 Å². The Hall–Kier alpha value is -2.62. The molecule has 5 N–H and O–H groups in total. The van der Waals surface area contributed by atoms with Gasteiger partial charge in [-0.1, -0.05) is 110 Å². The molecule has 1 aromatic carbocycles. The fourth-order valence-electron chi connectivity index (χ4n) is 4.10. The van der Waals surface area contributed by atoms with E-state index in [1.165, 1.54) is 37.7 Å². The maximum Gasteiger partial charge on any atom is 0.388 e. The number of sulfone groups is 1. The molecule has 49 heavy (non-hydrogen) atoms. The van der Waals surface area contributed by atoms with E-state index in [1.807, 2.05) is 45.9 Å². The van der Waals surface area contributed by atoms with Gasteiger partial charge < -0.3 is 21.5 Å². The monoisotopic (exact) mass is 721 g/mol. The smallest absolute Gasteiger partial charge is 0.388 e. The van der Waals surface area contributed by atoms with Crippen molar-refractivity contribution in [1.29, 1.82) is 0 Å². The lowest BCUT2D eigenvalue weighted by molar-refractivity contribution is -0.130. The number of hydrogen-bond acceptors (Lipinski definition) is 6. The summed E-state index contributed by atoms with van der Waals surface area (Å²) in [6.45, 7) is 13.7. The number of nitrogens with one attached hydrogen (secondary N) is 2. The van der Waals surface area contributed by atoms with Gasteiger partial charge in [-0.15, -0.1) is 12.3 Å². The highest BCUT2D eigenvalue weighted by Gasteiger charge is 2.23. The summed E-state index contributed by atoms with van der Waals surface area (Å²) in [4.78, 5) is 24.3. The van der Waals surface area contributed by atoms with Gasteiger partial charge >= 0.3 is 6.18 Å². The largest absolute Gasteiger partial charge is 0.391 e. The third-order valence-electron chi connectivity index (χ3n) is 7.12. The number of aliphatic hydroxyl groups is 1. The maximum atomic E-state index is 12.3. The van der Waals surface area contributed by atoms with Crippen molar-refractivity contribution in [2.45, 2.75) is 137 Å². The summed E-state index contributed by atoms with van der Waals surface area (Å²) in [7, 11) is -3.39. The Bertz CT molecular complexity index is 1090. The van der Waals surface area contributed by atoms with Crippen LogP contribution in [0.5, 0.6) is 0 Å². The summed E-state index contributed by atoms with van der Waals surface area (Å²) in [6.07, 6.45) is 8.97. The van der Waals surface area contributed by atoms with Gasteiger partial charge in [0.2, 0.25) is 11.8 Å². The lowest BCUT2D eigenvalue weighted by Crippen LogP contribution is -2.48. The Morgan fingerprint density at radius 2 is 1.59 bits per heavy atom. The third kappa shape index (κ3) is 36.5. The van der Waals surface area contributed by atoms with Crippen molar-refractivity contribution < 1.29 is 36.3 Å². The molecule has 1 saturated carbocycles. The zero-order valence-corrected chi connectivity index (χ0v) is 31.9. The first-order chi connectivity index (χ1) is 23.0. The molecule has 0 unspecified atom stereocenters. The van der Waals surface area contributed by atoms with Crippen molar-refractivity contribution in [3.63, 3.8) is 0 Å². The molecular weight excluding hydrogens is 655 g/mol. The fourth-order valence-corrected chi connectivity index (χ4v) is 5.16. The molecule has 2 rings (SSSR count). The van der Waals surface area contributed by atoms with Crippen LogP contribution in [0.1, 0.15) is 118 Å². The molecule has 12 heteroatoms. The summed E-state index contributed by atoms with van der Waals surface area (Å²) < 4.78 is 55.6. The van der Waals surface area contributed by atoms with E-state index in [-0.39, 0.29) is 43.9 Å². The second-order valence-electron chi connectivity index (χ2n) is 12.3. The summed E-state index contributed by atoms with van der Waals surface area (Å²) in [5.74, 6) is 2.38. The predicted molar refractivity (Wildman–Crippen MR) is 197 cm³/mol. The molecule has 0 radical (unpaired) electrons. The van der Waals surface area contributed by atoms with Gasteiger partial charge in [-0.05, 0) is 38.0 Å². The van der Waals surface area contributed by atoms with Crippen LogP contribution in [0.15, 0.2) is 30.3 Å². The zero-order valence-electron chi connectivity index (χ0n) is 31.1. The average Bonchev–Trinajstić information content (AvgIpc) is 3.06. The standard InChI is InChI=1S/C18H33N3O5S.C7H14.C7H8.C3H5F3.C2H6/c1-4-5-6-16(18(24)20-13-15(22)8-7-14(2)3)21-17(23)9-11-27(25,26)12-10-19;2*1-7-5-3-2-4-6-7;1-2-3(4,5)6;1-2/h1,14-16,22H,5-13,19H2,2-3H3,(H,20,24)(H,21,23);7H,2-6H2,1H3;2-6H,1H3;2H2,1H3;1-2H3/t15-,16-;;;;/m0..../s1. The summed E-state index contributed by atoms with van der Waals surface area (Å²) in [5, 5.41) is 15.0. The molecule has 1 aromatic rings. The van der Waals surface area contributed by atoms with E-state index >= 15 is 0 Å². The van der Waals surface area contributed by atoms with Crippen LogP contribution in [0.3, 0.4) is 0 Å². The molecule has 0 heterocycles. The molecule has 0 bridgehead atoms. The van der Waals surface area contributed by atoms with Gasteiger partial charge in [-0.3, -0.25) is 9.59 Å². The van der Waals surface area contributed by atoms with Crippen molar-refractivity contribution in [3.8, 4) is 12.3 Å². The quantitative estimate of drug-likeness (QED) is 0.151. The number of terminal acetylenes is 1. The number of amides is 2. The summed E-state index contributed by atoms with van der Waals surface area (Å²) >= 11 is 0. The fraction of sp³-hybridized carbons (Fsp3) is 0.730. The van der Waals surface area contributed by atoms with Crippen LogP contribution in [0.25, 0.3) is 0 Å². The molecule has 1 fully saturated rings. The van der Waals surface area contributed by atoms with Crippen LogP contribution >= 0.6 is 0 Å². The number of carbonyl (C=O) groups excluding carboxylic acids is 2. The number of nitrogens with two attached hydrogens (primary N) is 1. The number of aryl methyl sites for hydroxylation is 1. The Balaban J connectivity index is -0.000000760. The van der Waals surface area contributed by atoms with Crippen molar-refractivity contribution in [2.75, 3.05) is 24.6 Å². The predicted octanol–water partition coefficient (Wildman–Crippen LogP) is 7.13. The minimum atomic E-state index is -3.96. The number of alkyl halides is 3. The molecule has 2 atom stereocenters. The van der Waals surface area contributed by atoms with E-state index < -0.39 is 46.4 Å². The third-order valence-corrected chi connectivity index (χ3v) is 8.81. The van der Waals surface area contributed by atoms with Crippen LogP contribution in [-0.4, -0.2) is 68.3 Å². The first kappa shape index (κ1) is 50.8. The van der Waals surface area contributed by atoms with E-state index in [0.717, 1.165) is 19.3 Å². The van der Waals surface area contributed by atoms with E-state index in [1.54, 1.807) is 0 Å². The SMILES string of the molecule is C#CCC[C@H](NC(=O)CCS(=O)(=O)CCN)C(=O)NC[C@@H](O)CCC(C)C.CC.CC1CCCCC1.CCC(F)(F)F.Cc1ccccc1. The molecular formula is C37H66F3N3O5S. The van der Waals surface area contributed by atoms with E-state index in [4.69, 9.17) is 12.2 Å². The Labute approximate surface area is 295 Å². The lowest BCUT2D eigenvalue weighted by atomic mass is 9.91. The van der Waals surface area contributed by atoms with Crippen LogP contribution in [0.4, 0.5) is 13.2 Å². The number of aliphatic hydroxyl groups excluding tert-OH is 1. The number of benzene rings is 1. The normalized spacial score (nSPS) is 14.0. The van der Waals surface area contributed by atoms with Gasteiger partial charge in [-0.25, -0.2) is 8.42 Å². The molecule has 1 aliphatic carbocycles. The van der Waals surface area contributed by atoms with Crippen LogP contribution in [0, 0.1) is 31.1 Å². The lowest BCUT2D eigenvalue weighted by Gasteiger charge is -2.19. The average molecular weight is 722 g/mol. The Morgan fingerprint density at radius 1 is 1.04 bits per heavy atom. The minimum Gasteiger partial charge on any atom is -0.391 e. The van der Waals surface area contributed by atoms with Crippen LogP contribution in [-0.2, 0) is 19.4 Å². The van der Waals surface area contributed by atoms with Crippen LogP contribution < -0.4 is 16.4 Å². The van der Waals surface area contributed by atoms with E-state index in [0.29, 0.717) is 12.3 Å². The molecule has 8 nitrogen and oxygen atoms in total. The molecule has 0 saturated heterocycles. The van der Waals surface area contributed by atoms with Gasteiger partial charge in [-0.2, -0.15) is 13.2 Å². The number of carbonyl (C=O) groups is 2. The highest BCUT2D eigenvalue weighted by Crippen LogP contribution is 2.22. The second kappa shape index (κ2) is 31.4. The molecule has 1 aliphatic rings. The first-order valence-electron chi connectivity index (χ1n) is 17.6. The zero-order chi connectivity index (χ0) is 38.3.